The fourth-order valence-corrected chi connectivity index (χ4v) is 0.918. The van der Waals surface area contributed by atoms with E-state index in [0.29, 0.717) is 0 Å². The van der Waals surface area contributed by atoms with Crippen LogP contribution in [0.5, 0.6) is 5.75 Å². The molecule has 0 aromatic carbocycles. The summed E-state index contributed by atoms with van der Waals surface area (Å²) in [6.07, 6.45) is -3.20. The molecule has 0 saturated carbocycles. The molecule has 1 heterocycles. The molecule has 0 spiro atoms. The Morgan fingerprint density at radius 2 is 2.25 bits per heavy atom. The average molecular weight is 234 g/mol. The van der Waals surface area contributed by atoms with Gasteiger partial charge < -0.3 is 10.1 Å². The van der Waals surface area contributed by atoms with Crippen LogP contribution in [0, 0.1) is 0 Å². The van der Waals surface area contributed by atoms with Gasteiger partial charge in [-0.1, -0.05) is 0 Å². The summed E-state index contributed by atoms with van der Waals surface area (Å²) in [6.45, 7) is -1.40. The number of hydrogen-bond donors (Lipinski definition) is 1. The Bertz CT molecular complexity index is 379. The maximum Gasteiger partial charge on any atom is 0.422 e. The summed E-state index contributed by atoms with van der Waals surface area (Å²) < 4.78 is 40.0. The highest BCUT2D eigenvalue weighted by Crippen LogP contribution is 2.18. The first-order valence-electron chi connectivity index (χ1n) is 4.30. The van der Waals surface area contributed by atoms with Gasteiger partial charge in [-0.05, 0) is 6.07 Å². The number of ether oxygens (including phenoxy) is 1. The maximum absolute atomic E-state index is 11.8. The molecule has 0 aliphatic heterocycles. The van der Waals surface area contributed by atoms with Gasteiger partial charge in [-0.2, -0.15) is 13.2 Å². The molecule has 1 amide bonds. The number of carbonyl (C=O) groups excluding carboxylic acids is 1. The first-order valence-corrected chi connectivity index (χ1v) is 4.30. The van der Waals surface area contributed by atoms with Crippen molar-refractivity contribution in [2.24, 2.45) is 0 Å². The predicted octanol–water partition coefficient (Wildman–Crippen LogP) is 1.38. The van der Waals surface area contributed by atoms with Crippen LogP contribution in [0.15, 0.2) is 18.3 Å². The third kappa shape index (κ3) is 3.76. The smallest absolute Gasteiger partial charge is 0.422 e. The lowest BCUT2D eigenvalue weighted by Gasteiger charge is -2.09. The van der Waals surface area contributed by atoms with Gasteiger partial charge in [0.25, 0.3) is 5.91 Å². The van der Waals surface area contributed by atoms with Gasteiger partial charge in [0.1, 0.15) is 11.4 Å². The van der Waals surface area contributed by atoms with Crippen molar-refractivity contribution in [1.29, 1.82) is 0 Å². The fraction of sp³-hybridized carbons (Fsp3) is 0.333. The molecule has 0 bridgehead atoms. The number of hydrogen-bond acceptors (Lipinski definition) is 3. The molecule has 16 heavy (non-hydrogen) atoms. The van der Waals surface area contributed by atoms with Gasteiger partial charge in [0, 0.05) is 19.3 Å². The van der Waals surface area contributed by atoms with Gasteiger partial charge in [0.05, 0.1) is 0 Å². The molecule has 1 aromatic heterocycles. The highest BCUT2D eigenvalue weighted by atomic mass is 19.4. The van der Waals surface area contributed by atoms with Crippen molar-refractivity contribution in [2.75, 3.05) is 13.7 Å². The molecule has 0 unspecified atom stereocenters. The fourth-order valence-electron chi connectivity index (χ4n) is 0.918. The second-order valence-corrected chi connectivity index (χ2v) is 2.86. The average Bonchev–Trinajstić information content (AvgIpc) is 2.25. The zero-order valence-corrected chi connectivity index (χ0v) is 8.34. The molecule has 1 aromatic rings. The number of aromatic nitrogens is 1. The summed E-state index contributed by atoms with van der Waals surface area (Å²) >= 11 is 0. The van der Waals surface area contributed by atoms with Crippen molar-refractivity contribution in [3.63, 3.8) is 0 Å². The van der Waals surface area contributed by atoms with Crippen molar-refractivity contribution in [1.82, 2.24) is 10.3 Å². The van der Waals surface area contributed by atoms with Crippen LogP contribution in [-0.2, 0) is 0 Å². The Morgan fingerprint density at radius 1 is 1.56 bits per heavy atom. The van der Waals surface area contributed by atoms with E-state index in [-0.39, 0.29) is 11.4 Å². The van der Waals surface area contributed by atoms with E-state index in [4.69, 9.17) is 0 Å². The highest BCUT2D eigenvalue weighted by molar-refractivity contribution is 5.92. The molecule has 0 saturated heterocycles. The Morgan fingerprint density at radius 3 is 2.81 bits per heavy atom. The van der Waals surface area contributed by atoms with Crippen LogP contribution in [0.3, 0.4) is 0 Å². The van der Waals surface area contributed by atoms with Gasteiger partial charge in [-0.3, -0.25) is 9.78 Å². The Hall–Kier alpha value is -1.79. The molecular weight excluding hydrogens is 225 g/mol. The molecule has 88 valence electrons. The number of rotatable bonds is 3. The van der Waals surface area contributed by atoms with Gasteiger partial charge in [0.15, 0.2) is 6.61 Å². The van der Waals surface area contributed by atoms with Crippen LogP contribution < -0.4 is 10.1 Å². The summed E-state index contributed by atoms with van der Waals surface area (Å²) in [5.41, 5.74) is 0.00201. The molecule has 4 nitrogen and oxygen atoms in total. The lowest BCUT2D eigenvalue weighted by molar-refractivity contribution is -0.153. The minimum atomic E-state index is -4.41. The Kier molecular flexibility index (Phi) is 3.70. The first-order chi connectivity index (χ1) is 7.42. The van der Waals surface area contributed by atoms with Crippen LogP contribution >= 0.6 is 0 Å². The normalized spacial score (nSPS) is 11.0. The zero-order chi connectivity index (χ0) is 12.2. The summed E-state index contributed by atoms with van der Waals surface area (Å²) in [4.78, 5) is 14.8. The number of alkyl halides is 3. The van der Waals surface area contributed by atoms with E-state index in [9.17, 15) is 18.0 Å². The van der Waals surface area contributed by atoms with E-state index in [1.54, 1.807) is 0 Å². The molecular formula is C9H9F3N2O2. The first kappa shape index (κ1) is 12.3. The molecule has 0 aliphatic carbocycles. The predicted molar refractivity (Wildman–Crippen MR) is 49.2 cm³/mol. The summed E-state index contributed by atoms with van der Waals surface area (Å²) in [6, 6.07) is 2.39. The van der Waals surface area contributed by atoms with E-state index in [2.05, 4.69) is 15.0 Å². The largest absolute Gasteiger partial charge is 0.484 e. The minimum absolute atomic E-state index is 0.00201. The van der Waals surface area contributed by atoms with Crippen molar-refractivity contribution in [3.05, 3.63) is 24.0 Å². The molecule has 0 fully saturated rings. The Labute approximate surface area is 89.4 Å². The van der Waals surface area contributed by atoms with Gasteiger partial charge >= 0.3 is 6.18 Å². The van der Waals surface area contributed by atoms with Gasteiger partial charge in [-0.15, -0.1) is 0 Å². The third-order valence-corrected chi connectivity index (χ3v) is 1.59. The SMILES string of the molecule is CNC(=O)c1cc(OCC(F)(F)F)ccn1. The van der Waals surface area contributed by atoms with E-state index in [1.807, 2.05) is 0 Å². The van der Waals surface area contributed by atoms with Crippen LogP contribution in [0.25, 0.3) is 0 Å². The lowest BCUT2D eigenvalue weighted by Crippen LogP contribution is -2.21. The van der Waals surface area contributed by atoms with Crippen molar-refractivity contribution >= 4 is 5.91 Å². The monoisotopic (exact) mass is 234 g/mol. The molecule has 1 rings (SSSR count). The number of halogens is 3. The quantitative estimate of drug-likeness (QED) is 0.859. The zero-order valence-electron chi connectivity index (χ0n) is 8.34. The van der Waals surface area contributed by atoms with E-state index in [0.717, 1.165) is 6.07 Å². The molecule has 0 atom stereocenters. The van der Waals surface area contributed by atoms with E-state index < -0.39 is 18.7 Å². The van der Waals surface area contributed by atoms with Crippen LogP contribution in [0.4, 0.5) is 13.2 Å². The maximum atomic E-state index is 11.8. The summed E-state index contributed by atoms with van der Waals surface area (Å²) in [5, 5.41) is 2.30. The molecule has 7 heteroatoms. The highest BCUT2D eigenvalue weighted by Gasteiger charge is 2.28. The van der Waals surface area contributed by atoms with Gasteiger partial charge in [-0.25, -0.2) is 0 Å². The van der Waals surface area contributed by atoms with E-state index >= 15 is 0 Å². The standard InChI is InChI=1S/C9H9F3N2O2/c1-13-8(15)7-4-6(2-3-14-7)16-5-9(10,11)12/h2-4H,5H2,1H3,(H,13,15). The molecule has 0 radical (unpaired) electrons. The number of amides is 1. The number of nitrogens with one attached hydrogen (secondary N) is 1. The minimum Gasteiger partial charge on any atom is -0.484 e. The number of nitrogens with zero attached hydrogens (tertiary/aromatic N) is 1. The summed E-state index contributed by atoms with van der Waals surface area (Å²) in [7, 11) is 1.40. The molecule has 1 N–H and O–H groups in total. The van der Waals surface area contributed by atoms with Crippen molar-refractivity contribution < 1.29 is 22.7 Å². The topological polar surface area (TPSA) is 51.2 Å². The molecule has 0 aliphatic rings. The van der Waals surface area contributed by atoms with Gasteiger partial charge in [0.2, 0.25) is 0 Å². The van der Waals surface area contributed by atoms with Crippen LogP contribution in [-0.4, -0.2) is 30.7 Å². The number of carbonyl (C=O) groups is 1. The lowest BCUT2D eigenvalue weighted by atomic mass is 10.3. The second-order valence-electron chi connectivity index (χ2n) is 2.86. The van der Waals surface area contributed by atoms with E-state index in [1.165, 1.54) is 19.3 Å². The third-order valence-electron chi connectivity index (χ3n) is 1.59. The van der Waals surface area contributed by atoms with Crippen LogP contribution in [0.2, 0.25) is 0 Å². The van der Waals surface area contributed by atoms with Crippen molar-refractivity contribution in [2.45, 2.75) is 6.18 Å². The van der Waals surface area contributed by atoms with Crippen LogP contribution in [0.1, 0.15) is 10.5 Å². The van der Waals surface area contributed by atoms with Crippen molar-refractivity contribution in [3.8, 4) is 5.75 Å². The number of pyridine rings is 1. The summed E-state index contributed by atoms with van der Waals surface area (Å²) in [5.74, 6) is -0.539. The second kappa shape index (κ2) is 4.82. The Balaban J connectivity index is 2.71.